The molecule has 4 aromatic heterocycles. The molecule has 5 heterocycles. The lowest BCUT2D eigenvalue weighted by atomic mass is 9.77. The number of aliphatic hydroxyl groups is 1. The number of nitrogens with zero attached hydrogens (tertiary/aromatic N) is 4. The van der Waals surface area contributed by atoms with Gasteiger partial charge in [0.15, 0.2) is 0 Å². The van der Waals surface area contributed by atoms with Crippen LogP contribution in [0.1, 0.15) is 87.1 Å². The summed E-state index contributed by atoms with van der Waals surface area (Å²) in [5.41, 5.74) is 13.8. The fourth-order valence-electron chi connectivity index (χ4n) is 13.7. The number of hydrogen-bond acceptors (Lipinski definition) is 10. The van der Waals surface area contributed by atoms with E-state index in [9.17, 15) is 4.79 Å². The Balaban J connectivity index is 0.000000145. The molecule has 1 aliphatic heterocycles. The Bertz CT molecular complexity index is 4670. The molecule has 1 aliphatic rings. The van der Waals surface area contributed by atoms with Crippen LogP contribution in [0.25, 0.3) is 21.8 Å². The minimum atomic E-state index is -1.68. The van der Waals surface area contributed by atoms with Crippen LogP contribution < -0.4 is 26.0 Å². The molecule has 104 heavy (non-hydrogen) atoms. The van der Waals surface area contributed by atoms with Crippen LogP contribution >= 0.6 is 43.1 Å². The molecule has 0 bridgehead atoms. The summed E-state index contributed by atoms with van der Waals surface area (Å²) in [4.78, 5) is 29.8. The number of carbonyl (C=O) groups is 1. The van der Waals surface area contributed by atoms with Gasteiger partial charge < -0.3 is 39.6 Å². The number of para-hydroxylation sites is 2. The SMILES string of the molecule is COc1ccc(P2(=S)SP(=S)(c3ccc(CO)cc3)S2)cc1.O=C(CCc1c[nH]c2ccccc12)NCCCc1cn(C(c2ccccc2)(c2ccccc2)c2ccccc2)cn1.S=C(CCc1c[nH]c2ccccc12)NCCCc1cn(C(c2ccccc2)(c2ccccc2)c2ccccc2)cn1. The van der Waals surface area contributed by atoms with E-state index in [-0.39, 0.29) is 12.5 Å². The number of imidazole rings is 2. The highest BCUT2D eigenvalue weighted by atomic mass is 33.7. The van der Waals surface area contributed by atoms with E-state index < -0.39 is 20.0 Å². The number of fused-ring (bicyclic) bond motifs is 2. The molecule has 18 heteroatoms. The fourth-order valence-corrected chi connectivity index (χ4v) is 56.2. The molecule has 14 aromatic rings. The number of nitrogens with one attached hydrogen (secondary N) is 4. The molecule has 1 saturated heterocycles. The Morgan fingerprint density at radius 2 is 0.827 bits per heavy atom. The van der Waals surface area contributed by atoms with Crippen LogP contribution in [-0.2, 0) is 71.8 Å². The Kier molecular flexibility index (Phi) is 24.3. The van der Waals surface area contributed by atoms with E-state index >= 15 is 0 Å². The smallest absolute Gasteiger partial charge is 0.220 e. The predicted molar refractivity (Wildman–Crippen MR) is 446 cm³/mol. The van der Waals surface area contributed by atoms with Crippen molar-refractivity contribution in [3.63, 3.8) is 0 Å². The lowest BCUT2D eigenvalue weighted by molar-refractivity contribution is -0.121. The first-order valence-electron chi connectivity index (χ1n) is 35.0. The summed E-state index contributed by atoms with van der Waals surface area (Å²) in [6.45, 7) is 1.52. The van der Waals surface area contributed by atoms with E-state index in [1.54, 1.807) is 7.11 Å². The van der Waals surface area contributed by atoms with Gasteiger partial charge in [0, 0.05) is 83.1 Å². The minimum absolute atomic E-state index is 0.0628. The molecule has 0 aliphatic carbocycles. The number of aryl methyl sites for hydroxylation is 4. The zero-order valence-electron chi connectivity index (χ0n) is 57.8. The molecule has 0 spiro atoms. The van der Waals surface area contributed by atoms with Crippen LogP contribution in [0.3, 0.4) is 0 Å². The molecule has 524 valence electrons. The van der Waals surface area contributed by atoms with Gasteiger partial charge in [-0.05, 0) is 125 Å². The normalized spacial score (nSPS) is 14.8. The van der Waals surface area contributed by atoms with Crippen LogP contribution in [0.15, 0.2) is 316 Å². The number of ether oxygens (including phenoxy) is 1. The largest absolute Gasteiger partial charge is 0.497 e. The van der Waals surface area contributed by atoms with Crippen molar-refractivity contribution in [1.82, 2.24) is 39.7 Å². The summed E-state index contributed by atoms with van der Waals surface area (Å²) in [5, 5.41) is 20.5. The highest BCUT2D eigenvalue weighted by Crippen LogP contribution is 3.04. The van der Waals surface area contributed by atoms with E-state index in [2.05, 4.69) is 279 Å². The third-order valence-corrected chi connectivity index (χ3v) is 50.5. The van der Waals surface area contributed by atoms with Crippen molar-refractivity contribution in [2.24, 2.45) is 0 Å². The van der Waals surface area contributed by atoms with Crippen molar-refractivity contribution in [2.75, 3.05) is 20.2 Å². The maximum Gasteiger partial charge on any atom is 0.220 e. The number of methoxy groups -OCH3 is 1. The third kappa shape index (κ3) is 16.6. The summed E-state index contributed by atoms with van der Waals surface area (Å²) in [7, 11) is 1.66. The van der Waals surface area contributed by atoms with Crippen molar-refractivity contribution >= 4 is 110 Å². The lowest BCUT2D eigenvalue weighted by Crippen LogP contribution is -2.36. The molecule has 5 N–H and O–H groups in total. The first-order valence-corrected chi connectivity index (χ1v) is 45.1. The molecule has 11 nitrogen and oxygen atoms in total. The third-order valence-electron chi connectivity index (χ3n) is 18.9. The van der Waals surface area contributed by atoms with Gasteiger partial charge >= 0.3 is 0 Å². The van der Waals surface area contributed by atoms with Gasteiger partial charge in [-0.2, -0.15) is 0 Å². The molecular weight excluding hydrogens is 1420 g/mol. The van der Waals surface area contributed by atoms with Gasteiger partial charge in [0.25, 0.3) is 0 Å². The summed E-state index contributed by atoms with van der Waals surface area (Å²) < 4.78 is 6.36. The molecule has 0 radical (unpaired) electrons. The van der Waals surface area contributed by atoms with Crippen molar-refractivity contribution < 1.29 is 14.6 Å². The minimum Gasteiger partial charge on any atom is -0.497 e. The average Bonchev–Trinajstić information content (AvgIpc) is 1.10. The maximum atomic E-state index is 12.6. The predicted octanol–water partition coefficient (Wildman–Crippen LogP) is 18.8. The van der Waals surface area contributed by atoms with Crippen molar-refractivity contribution in [2.45, 2.75) is 69.1 Å². The summed E-state index contributed by atoms with van der Waals surface area (Å²) in [6.07, 6.45) is 18.8. The number of aliphatic hydroxyl groups excluding tert-OH is 1. The summed E-state index contributed by atoms with van der Waals surface area (Å²) in [5.74, 6) is 0.928. The van der Waals surface area contributed by atoms with E-state index in [0.29, 0.717) is 13.0 Å². The first kappa shape index (κ1) is 73.1. The molecule has 1 fully saturated rings. The zero-order valence-corrected chi connectivity index (χ0v) is 63.7. The molecule has 1 amide bonds. The second kappa shape index (κ2) is 34.6. The van der Waals surface area contributed by atoms with Crippen LogP contribution in [0.5, 0.6) is 5.75 Å². The standard InChI is InChI=1S/C36H34N4O.C36H34N4S.C14H14O2P2S4/c2*41-35(23-22-28-25-38-34-21-11-10-20-33(28)34)37-24-12-19-32-26-40(27-39-32)36(29-13-4-1-5-14-29,30-15-6-2-7-16-30)31-17-8-3-9-18-31;1-16-12-4-8-14(9-5-12)18(20)21-17(19,22-18)13-6-2-11(10-15)3-7-13/h2*1-11,13-18,20-21,25-27,38H,12,19,22-24H2,(H,37,41);2-9,15H,10H2,1H3. The Hall–Kier alpha value is -9.18. The van der Waals surface area contributed by atoms with Crippen molar-refractivity contribution in [3.8, 4) is 5.75 Å². The molecular formula is C86H82N8O3P2S5. The number of H-pyrrole nitrogens is 2. The van der Waals surface area contributed by atoms with Crippen LogP contribution in [0.4, 0.5) is 0 Å². The van der Waals surface area contributed by atoms with Gasteiger partial charge in [0.2, 0.25) is 5.91 Å². The van der Waals surface area contributed by atoms with Gasteiger partial charge in [-0.15, -0.1) is 0 Å². The van der Waals surface area contributed by atoms with Gasteiger partial charge in [-0.25, -0.2) is 9.97 Å². The van der Waals surface area contributed by atoms with Gasteiger partial charge in [-0.1, -0.05) is 300 Å². The van der Waals surface area contributed by atoms with E-state index in [1.165, 1.54) is 71.4 Å². The van der Waals surface area contributed by atoms with Crippen LogP contribution in [-0.4, -0.2) is 65.3 Å². The molecule has 15 rings (SSSR count). The zero-order chi connectivity index (χ0) is 71.6. The summed E-state index contributed by atoms with van der Waals surface area (Å²) in [6, 6.07) is 96.6. The molecule has 10 aromatic carbocycles. The molecule has 0 saturated carbocycles. The average molecular weight is 1500 g/mol. The van der Waals surface area contributed by atoms with Crippen LogP contribution in [0, 0.1) is 0 Å². The lowest BCUT2D eigenvalue weighted by Gasteiger charge is -2.40. The van der Waals surface area contributed by atoms with E-state index in [1.807, 2.05) is 89.4 Å². The quantitative estimate of drug-likeness (QED) is 0.0153. The van der Waals surface area contributed by atoms with Crippen molar-refractivity contribution in [3.05, 3.63) is 378 Å². The van der Waals surface area contributed by atoms with Gasteiger partial charge in [0.05, 0.1) is 51.6 Å². The highest BCUT2D eigenvalue weighted by Gasteiger charge is 2.46. The fraction of sp³-hybridized carbons (Fsp3) is 0.163. The monoisotopic (exact) mass is 1500 g/mol. The van der Waals surface area contributed by atoms with Crippen LogP contribution in [0.2, 0.25) is 0 Å². The Morgan fingerprint density at radius 3 is 1.21 bits per heavy atom. The number of benzene rings is 10. The summed E-state index contributed by atoms with van der Waals surface area (Å²) >= 11 is 21.1. The molecule has 0 atom stereocenters. The number of hydrogen-bond donors (Lipinski definition) is 5. The molecule has 0 unspecified atom stereocenters. The highest BCUT2D eigenvalue weighted by molar-refractivity contribution is 9.48. The number of carbonyl (C=O) groups excluding carboxylic acids is 1. The Morgan fingerprint density at radius 1 is 0.471 bits per heavy atom. The van der Waals surface area contributed by atoms with Gasteiger partial charge in [0.1, 0.15) is 16.8 Å². The second-order valence-electron chi connectivity index (χ2n) is 25.5. The topological polar surface area (TPSA) is 138 Å². The Labute approximate surface area is 632 Å². The maximum absolute atomic E-state index is 12.6. The number of rotatable bonds is 26. The first-order chi connectivity index (χ1) is 51.0. The number of amides is 1. The number of aromatic nitrogens is 6. The van der Waals surface area contributed by atoms with Gasteiger partial charge in [-0.3, -0.25) is 4.79 Å². The number of aromatic amines is 2. The number of thiocarbonyl (C=S) groups is 1. The van der Waals surface area contributed by atoms with Crippen molar-refractivity contribution in [1.29, 1.82) is 0 Å². The van der Waals surface area contributed by atoms with E-state index in [4.69, 9.17) is 55.6 Å². The second-order valence-corrected chi connectivity index (χ2v) is 47.2. The van der Waals surface area contributed by atoms with E-state index in [0.717, 1.165) is 84.7 Å².